The van der Waals surface area contributed by atoms with Crippen LogP contribution in [0, 0.1) is 0 Å². The van der Waals surface area contributed by atoms with Crippen LogP contribution in [0.25, 0.3) is 0 Å². The van der Waals surface area contributed by atoms with E-state index in [1.807, 2.05) is 0 Å². The minimum absolute atomic E-state index is 0.00631. The highest BCUT2D eigenvalue weighted by molar-refractivity contribution is 5.56. The third-order valence-electron chi connectivity index (χ3n) is 3.82. The SMILES string of the molecule is C=CCOc1cccc(Nc2nc(NCc3ccc(O)cc3)nc(OCC(F)(F)F)n2)c1. The lowest BCUT2D eigenvalue weighted by molar-refractivity contribution is -0.154. The van der Waals surface area contributed by atoms with Crippen LogP contribution in [0.5, 0.6) is 17.5 Å². The quantitative estimate of drug-likeness (QED) is 0.392. The molecule has 168 valence electrons. The molecule has 3 N–H and O–H groups in total. The van der Waals surface area contributed by atoms with Gasteiger partial charge in [-0.3, -0.25) is 0 Å². The Morgan fingerprint density at radius 2 is 1.75 bits per heavy atom. The van der Waals surface area contributed by atoms with Crippen molar-refractivity contribution in [2.45, 2.75) is 12.7 Å². The summed E-state index contributed by atoms with van der Waals surface area (Å²) in [6.07, 6.45) is -2.95. The average Bonchev–Trinajstić information content (AvgIpc) is 2.76. The zero-order chi connectivity index (χ0) is 23.0. The summed E-state index contributed by atoms with van der Waals surface area (Å²) in [6.45, 7) is 2.61. The van der Waals surface area contributed by atoms with Crippen LogP contribution in [0.4, 0.5) is 30.8 Å². The number of rotatable bonds is 10. The average molecular weight is 447 g/mol. The van der Waals surface area contributed by atoms with Gasteiger partial charge in [-0.05, 0) is 29.8 Å². The van der Waals surface area contributed by atoms with Crippen molar-refractivity contribution in [3.05, 3.63) is 66.7 Å². The highest BCUT2D eigenvalue weighted by Crippen LogP contribution is 2.23. The molecule has 0 unspecified atom stereocenters. The second-order valence-corrected chi connectivity index (χ2v) is 6.44. The third kappa shape index (κ3) is 7.35. The number of alkyl halides is 3. The fourth-order valence-corrected chi connectivity index (χ4v) is 2.45. The van der Waals surface area contributed by atoms with Crippen LogP contribution in [0.2, 0.25) is 0 Å². The number of aromatic nitrogens is 3. The number of phenols is 1. The van der Waals surface area contributed by atoms with Crippen molar-refractivity contribution < 1.29 is 27.8 Å². The second-order valence-electron chi connectivity index (χ2n) is 6.44. The van der Waals surface area contributed by atoms with Gasteiger partial charge in [0.1, 0.15) is 18.1 Å². The monoisotopic (exact) mass is 447 g/mol. The summed E-state index contributed by atoms with van der Waals surface area (Å²) in [5, 5.41) is 15.2. The predicted octanol–water partition coefficient (Wildman–Crippen LogP) is 4.44. The first-order valence-corrected chi connectivity index (χ1v) is 9.39. The van der Waals surface area contributed by atoms with Crippen LogP contribution >= 0.6 is 0 Å². The zero-order valence-corrected chi connectivity index (χ0v) is 16.8. The van der Waals surface area contributed by atoms with Crippen molar-refractivity contribution in [3.63, 3.8) is 0 Å². The summed E-state index contributed by atoms with van der Waals surface area (Å²) in [7, 11) is 0. The van der Waals surface area contributed by atoms with E-state index in [1.54, 1.807) is 42.5 Å². The first-order valence-electron chi connectivity index (χ1n) is 9.39. The van der Waals surface area contributed by atoms with E-state index >= 15 is 0 Å². The normalized spacial score (nSPS) is 11.0. The van der Waals surface area contributed by atoms with Crippen LogP contribution in [-0.2, 0) is 6.54 Å². The van der Waals surface area contributed by atoms with Crippen molar-refractivity contribution >= 4 is 17.6 Å². The van der Waals surface area contributed by atoms with E-state index in [2.05, 4.69) is 32.2 Å². The summed E-state index contributed by atoms with van der Waals surface area (Å²) in [5.41, 5.74) is 1.34. The molecule has 11 heteroatoms. The molecule has 3 rings (SSSR count). The zero-order valence-electron chi connectivity index (χ0n) is 16.8. The van der Waals surface area contributed by atoms with Crippen LogP contribution in [0.15, 0.2) is 61.2 Å². The second kappa shape index (κ2) is 10.3. The molecule has 0 amide bonds. The molecule has 0 bridgehead atoms. The van der Waals surface area contributed by atoms with E-state index in [9.17, 15) is 18.3 Å². The number of aromatic hydroxyl groups is 1. The van der Waals surface area contributed by atoms with E-state index in [-0.39, 0.29) is 24.2 Å². The van der Waals surface area contributed by atoms with Gasteiger partial charge >= 0.3 is 12.2 Å². The van der Waals surface area contributed by atoms with Gasteiger partial charge in [-0.15, -0.1) is 0 Å². The number of anilines is 3. The topological polar surface area (TPSA) is 101 Å². The van der Waals surface area contributed by atoms with Gasteiger partial charge in [0.05, 0.1) is 0 Å². The van der Waals surface area contributed by atoms with E-state index in [4.69, 9.17) is 9.47 Å². The number of ether oxygens (including phenoxy) is 2. The lowest BCUT2D eigenvalue weighted by atomic mass is 10.2. The minimum atomic E-state index is -4.54. The largest absolute Gasteiger partial charge is 0.508 e. The Bertz CT molecular complexity index is 1050. The molecule has 0 radical (unpaired) electrons. The van der Waals surface area contributed by atoms with Crippen molar-refractivity contribution in [3.8, 4) is 17.5 Å². The minimum Gasteiger partial charge on any atom is -0.508 e. The summed E-state index contributed by atoms with van der Waals surface area (Å²) >= 11 is 0. The van der Waals surface area contributed by atoms with Gasteiger partial charge in [-0.25, -0.2) is 0 Å². The molecule has 2 aromatic carbocycles. The van der Waals surface area contributed by atoms with Gasteiger partial charge in [0.25, 0.3) is 0 Å². The van der Waals surface area contributed by atoms with E-state index in [0.29, 0.717) is 18.0 Å². The number of phenolic OH excluding ortho intramolecular Hbond substituents is 1. The Hall–Kier alpha value is -4.02. The highest BCUT2D eigenvalue weighted by atomic mass is 19.4. The molecule has 0 spiro atoms. The molecule has 0 atom stereocenters. The summed E-state index contributed by atoms with van der Waals surface area (Å²) in [6, 6.07) is 12.7. The number of nitrogens with one attached hydrogen (secondary N) is 2. The molecule has 1 heterocycles. The van der Waals surface area contributed by atoms with E-state index < -0.39 is 18.8 Å². The fraction of sp³-hybridized carbons (Fsp3) is 0.190. The van der Waals surface area contributed by atoms with Crippen LogP contribution in [0.3, 0.4) is 0 Å². The molecule has 32 heavy (non-hydrogen) atoms. The number of nitrogens with zero attached hydrogens (tertiary/aromatic N) is 3. The van der Waals surface area contributed by atoms with E-state index in [0.717, 1.165) is 5.56 Å². The van der Waals surface area contributed by atoms with Crippen molar-refractivity contribution in [1.82, 2.24) is 15.0 Å². The molecule has 0 aliphatic rings. The third-order valence-corrected chi connectivity index (χ3v) is 3.82. The highest BCUT2D eigenvalue weighted by Gasteiger charge is 2.29. The molecule has 0 fully saturated rings. The van der Waals surface area contributed by atoms with Crippen LogP contribution in [-0.4, -0.2) is 39.4 Å². The van der Waals surface area contributed by atoms with Gasteiger partial charge in [-0.2, -0.15) is 28.1 Å². The summed E-state index contributed by atoms with van der Waals surface area (Å²) < 4.78 is 47.9. The molecule has 8 nitrogen and oxygen atoms in total. The maximum Gasteiger partial charge on any atom is 0.422 e. The van der Waals surface area contributed by atoms with Gasteiger partial charge in [0, 0.05) is 18.3 Å². The Kier molecular flexibility index (Phi) is 7.32. The van der Waals surface area contributed by atoms with Crippen LogP contribution < -0.4 is 20.1 Å². The lowest BCUT2D eigenvalue weighted by Crippen LogP contribution is -2.21. The maximum absolute atomic E-state index is 12.6. The fourth-order valence-electron chi connectivity index (χ4n) is 2.45. The van der Waals surface area contributed by atoms with Gasteiger partial charge < -0.3 is 25.2 Å². The molecule has 3 aromatic rings. The Balaban J connectivity index is 1.79. The first kappa shape index (κ1) is 22.7. The van der Waals surface area contributed by atoms with Gasteiger partial charge in [0.15, 0.2) is 6.61 Å². The Morgan fingerprint density at radius 1 is 1.00 bits per heavy atom. The number of hydrogen-bond donors (Lipinski definition) is 3. The molecule has 0 saturated heterocycles. The van der Waals surface area contributed by atoms with Crippen molar-refractivity contribution in [1.29, 1.82) is 0 Å². The molecule has 0 aliphatic heterocycles. The summed E-state index contributed by atoms with van der Waals surface area (Å²) in [4.78, 5) is 12.0. The number of hydrogen-bond acceptors (Lipinski definition) is 8. The maximum atomic E-state index is 12.6. The molecule has 1 aromatic heterocycles. The Labute approximate surface area is 181 Å². The number of benzene rings is 2. The van der Waals surface area contributed by atoms with E-state index in [1.165, 1.54) is 12.1 Å². The van der Waals surface area contributed by atoms with Crippen molar-refractivity contribution in [2.24, 2.45) is 0 Å². The Morgan fingerprint density at radius 3 is 2.47 bits per heavy atom. The molecule has 0 saturated carbocycles. The molecular weight excluding hydrogens is 427 g/mol. The lowest BCUT2D eigenvalue weighted by Gasteiger charge is -2.12. The molecule has 0 aliphatic carbocycles. The smallest absolute Gasteiger partial charge is 0.422 e. The van der Waals surface area contributed by atoms with Crippen LogP contribution in [0.1, 0.15) is 5.56 Å². The van der Waals surface area contributed by atoms with Crippen molar-refractivity contribution in [2.75, 3.05) is 23.8 Å². The first-order chi connectivity index (χ1) is 15.3. The molecular formula is C21H20F3N5O3. The predicted molar refractivity (Wildman–Crippen MR) is 112 cm³/mol. The van der Waals surface area contributed by atoms with Gasteiger partial charge in [-0.1, -0.05) is 30.9 Å². The number of halogens is 3. The summed E-state index contributed by atoms with van der Waals surface area (Å²) in [5.74, 6) is 0.656. The standard InChI is InChI=1S/C21H20F3N5O3/c1-2-10-31-17-5-3-4-15(11-17)26-19-27-18(25-12-14-6-8-16(30)9-7-14)28-20(29-19)32-13-21(22,23)24/h2-9,11,30H,1,10,12-13H2,(H2,25,26,27,28,29). The van der Waals surface area contributed by atoms with Gasteiger partial charge in [0.2, 0.25) is 11.9 Å².